The Balaban J connectivity index is 1.50. The van der Waals surface area contributed by atoms with Crippen LogP contribution < -0.4 is 5.56 Å². The molecule has 2 atom stereocenters. The number of Topliss-reactive ketones (excluding diaryl/α,β-unsaturated/α-hetero) is 1. The van der Waals surface area contributed by atoms with Crippen LogP contribution in [0.4, 0.5) is 0 Å². The zero-order valence-corrected chi connectivity index (χ0v) is 20.3. The van der Waals surface area contributed by atoms with Crippen molar-refractivity contribution in [3.05, 3.63) is 81.5 Å². The molecule has 0 bridgehead atoms. The Labute approximate surface area is 203 Å². The number of carbonyl (C=O) groups is 3. The summed E-state index contributed by atoms with van der Waals surface area (Å²) in [7, 11) is 1.83. The SMILES string of the molecule is Cc1cc(C(=O)CN2C(=O)[C@H]3CC=CC[C@H]3C2=O)c(C)n1-c1c(C)n(C)n(-c2ccccc2)c1=O. The molecule has 2 amide bonds. The Hall–Kier alpha value is -3.94. The van der Waals surface area contributed by atoms with Gasteiger partial charge in [0.05, 0.1) is 29.8 Å². The number of hydrogen-bond acceptors (Lipinski definition) is 4. The molecule has 0 radical (unpaired) electrons. The van der Waals surface area contributed by atoms with Gasteiger partial charge in [0.2, 0.25) is 11.8 Å². The molecule has 1 aromatic carbocycles. The van der Waals surface area contributed by atoms with Crippen molar-refractivity contribution in [2.75, 3.05) is 6.54 Å². The maximum absolute atomic E-state index is 13.5. The summed E-state index contributed by atoms with van der Waals surface area (Å²) in [5.41, 5.74) is 3.51. The predicted octanol–water partition coefficient (Wildman–Crippen LogP) is 3.03. The molecule has 180 valence electrons. The number of ketones is 1. The van der Waals surface area contributed by atoms with Crippen LogP contribution >= 0.6 is 0 Å². The molecule has 8 heteroatoms. The maximum Gasteiger partial charge on any atom is 0.295 e. The van der Waals surface area contributed by atoms with Crippen molar-refractivity contribution in [2.24, 2.45) is 18.9 Å². The first-order valence-electron chi connectivity index (χ1n) is 11.8. The first kappa shape index (κ1) is 22.8. The summed E-state index contributed by atoms with van der Waals surface area (Å²) >= 11 is 0. The summed E-state index contributed by atoms with van der Waals surface area (Å²) in [6.07, 6.45) is 4.93. The number of imide groups is 1. The normalized spacial score (nSPS) is 19.5. The van der Waals surface area contributed by atoms with Crippen LogP contribution in [0.3, 0.4) is 0 Å². The quantitative estimate of drug-likeness (QED) is 0.325. The van der Waals surface area contributed by atoms with E-state index in [9.17, 15) is 19.2 Å². The third-order valence-electron chi connectivity index (χ3n) is 7.38. The van der Waals surface area contributed by atoms with Gasteiger partial charge in [-0.2, -0.15) is 0 Å². The third-order valence-corrected chi connectivity index (χ3v) is 7.38. The highest BCUT2D eigenvalue weighted by molar-refractivity contribution is 6.10. The van der Waals surface area contributed by atoms with Crippen molar-refractivity contribution < 1.29 is 14.4 Å². The van der Waals surface area contributed by atoms with Gasteiger partial charge in [-0.3, -0.25) is 28.8 Å². The van der Waals surface area contributed by atoms with E-state index in [1.54, 1.807) is 26.9 Å². The summed E-state index contributed by atoms with van der Waals surface area (Å²) in [6.45, 7) is 5.22. The Morgan fingerprint density at radius 1 is 0.914 bits per heavy atom. The molecular weight excluding hydrogens is 444 g/mol. The van der Waals surface area contributed by atoms with E-state index >= 15 is 0 Å². The molecule has 0 unspecified atom stereocenters. The molecule has 1 aliphatic heterocycles. The summed E-state index contributed by atoms with van der Waals surface area (Å²) in [6, 6.07) is 11.1. The molecule has 0 spiro atoms. The highest BCUT2D eigenvalue weighted by Crippen LogP contribution is 2.35. The standard InChI is InChI=1S/C27H28N4O4/c1-16-14-22(23(32)15-29-25(33)20-12-8-9-13-21(20)26(29)34)17(2)30(16)24-18(3)28(4)31(27(24)35)19-10-6-5-7-11-19/h5-11,14,20-21H,12-13,15H2,1-4H3/t20-,21+. The summed E-state index contributed by atoms with van der Waals surface area (Å²) in [5, 5.41) is 0. The molecule has 1 saturated heterocycles. The fraction of sp³-hybridized carbons (Fsp3) is 0.333. The highest BCUT2D eigenvalue weighted by atomic mass is 16.2. The zero-order chi connectivity index (χ0) is 25.0. The molecule has 1 aliphatic carbocycles. The van der Waals surface area contributed by atoms with Gasteiger partial charge >= 0.3 is 0 Å². The number of carbonyl (C=O) groups excluding carboxylic acids is 3. The van der Waals surface area contributed by atoms with E-state index < -0.39 is 0 Å². The average molecular weight is 473 g/mol. The average Bonchev–Trinajstić information content (AvgIpc) is 3.36. The van der Waals surface area contributed by atoms with Gasteiger partial charge in [0.1, 0.15) is 5.69 Å². The fourth-order valence-electron chi connectivity index (χ4n) is 5.45. The van der Waals surface area contributed by atoms with Gasteiger partial charge in [-0.25, -0.2) is 4.68 Å². The van der Waals surface area contributed by atoms with Crippen molar-refractivity contribution in [3.8, 4) is 11.4 Å². The van der Waals surface area contributed by atoms with Crippen molar-refractivity contribution in [2.45, 2.75) is 33.6 Å². The lowest BCUT2D eigenvalue weighted by atomic mass is 9.85. The summed E-state index contributed by atoms with van der Waals surface area (Å²) in [4.78, 5) is 53.6. The van der Waals surface area contributed by atoms with E-state index in [2.05, 4.69) is 0 Å². The monoisotopic (exact) mass is 472 g/mol. The lowest BCUT2D eigenvalue weighted by Gasteiger charge is -2.14. The second-order valence-electron chi connectivity index (χ2n) is 9.37. The van der Waals surface area contributed by atoms with Gasteiger partial charge in [0.25, 0.3) is 5.56 Å². The second kappa shape index (κ2) is 8.37. The molecule has 2 aliphatic rings. The minimum Gasteiger partial charge on any atom is -0.311 e. The topological polar surface area (TPSA) is 86.3 Å². The van der Waals surface area contributed by atoms with Crippen molar-refractivity contribution in [1.29, 1.82) is 0 Å². The Bertz CT molecular complexity index is 1430. The number of aryl methyl sites for hydroxylation is 1. The van der Waals surface area contributed by atoms with Gasteiger partial charge in [0.15, 0.2) is 5.78 Å². The number of aromatic nitrogens is 3. The number of allylic oxidation sites excluding steroid dienone is 2. The van der Waals surface area contributed by atoms with E-state index in [-0.39, 0.29) is 41.5 Å². The minimum absolute atomic E-state index is 0.196. The van der Waals surface area contributed by atoms with Gasteiger partial charge in [-0.05, 0) is 51.8 Å². The van der Waals surface area contributed by atoms with Crippen LogP contribution in [0.1, 0.15) is 40.3 Å². The van der Waals surface area contributed by atoms with Crippen molar-refractivity contribution >= 4 is 17.6 Å². The third kappa shape index (κ3) is 3.43. The van der Waals surface area contributed by atoms with E-state index in [0.29, 0.717) is 29.8 Å². The van der Waals surface area contributed by atoms with E-state index in [0.717, 1.165) is 22.0 Å². The maximum atomic E-state index is 13.5. The predicted molar refractivity (Wildman–Crippen MR) is 131 cm³/mol. The van der Waals surface area contributed by atoms with Crippen LogP contribution in [0.2, 0.25) is 0 Å². The number of hydrogen-bond donors (Lipinski definition) is 0. The minimum atomic E-state index is -0.365. The van der Waals surface area contributed by atoms with Crippen molar-refractivity contribution in [3.63, 3.8) is 0 Å². The lowest BCUT2D eigenvalue weighted by Crippen LogP contribution is -2.36. The first-order chi connectivity index (χ1) is 16.7. The number of amides is 2. The number of likely N-dealkylation sites (tertiary alicyclic amines) is 1. The first-order valence-corrected chi connectivity index (χ1v) is 11.8. The fourth-order valence-corrected chi connectivity index (χ4v) is 5.45. The number of nitrogens with zero attached hydrogens (tertiary/aromatic N) is 4. The Morgan fingerprint density at radius 3 is 2.11 bits per heavy atom. The van der Waals surface area contributed by atoms with Crippen LogP contribution in [0, 0.1) is 32.6 Å². The molecule has 0 N–H and O–H groups in total. The molecule has 5 rings (SSSR count). The Morgan fingerprint density at radius 2 is 1.51 bits per heavy atom. The molecular formula is C27H28N4O4. The highest BCUT2D eigenvalue weighted by Gasteiger charge is 2.47. The lowest BCUT2D eigenvalue weighted by molar-refractivity contribution is -0.139. The second-order valence-corrected chi connectivity index (χ2v) is 9.37. The van der Waals surface area contributed by atoms with Gasteiger partial charge in [-0.15, -0.1) is 0 Å². The molecule has 3 heterocycles. The molecule has 2 aromatic heterocycles. The molecule has 3 aromatic rings. The Kier molecular flexibility index (Phi) is 5.46. The summed E-state index contributed by atoms with van der Waals surface area (Å²) in [5.74, 6) is -1.57. The van der Waals surface area contributed by atoms with Crippen LogP contribution in [-0.4, -0.2) is 43.0 Å². The summed E-state index contributed by atoms with van der Waals surface area (Å²) < 4.78 is 5.19. The van der Waals surface area contributed by atoms with Crippen LogP contribution in [0.25, 0.3) is 11.4 Å². The molecule has 0 saturated carbocycles. The molecule has 8 nitrogen and oxygen atoms in total. The van der Waals surface area contributed by atoms with Crippen LogP contribution in [0.15, 0.2) is 53.3 Å². The molecule has 1 fully saturated rings. The largest absolute Gasteiger partial charge is 0.311 e. The number of benzene rings is 1. The van der Waals surface area contributed by atoms with E-state index in [4.69, 9.17) is 0 Å². The number of rotatable bonds is 5. The zero-order valence-electron chi connectivity index (χ0n) is 20.3. The van der Waals surface area contributed by atoms with Crippen LogP contribution in [0.5, 0.6) is 0 Å². The number of fused-ring (bicyclic) bond motifs is 1. The smallest absolute Gasteiger partial charge is 0.295 e. The van der Waals surface area contributed by atoms with E-state index in [1.165, 1.54) is 0 Å². The van der Waals surface area contributed by atoms with Gasteiger partial charge in [-0.1, -0.05) is 30.4 Å². The van der Waals surface area contributed by atoms with E-state index in [1.807, 2.05) is 63.4 Å². The number of para-hydroxylation sites is 1. The van der Waals surface area contributed by atoms with Crippen molar-refractivity contribution in [1.82, 2.24) is 18.8 Å². The van der Waals surface area contributed by atoms with Gasteiger partial charge in [0, 0.05) is 24.0 Å². The molecule has 35 heavy (non-hydrogen) atoms. The van der Waals surface area contributed by atoms with Gasteiger partial charge < -0.3 is 4.57 Å². The van der Waals surface area contributed by atoms with Crippen LogP contribution in [-0.2, 0) is 16.6 Å².